The third kappa shape index (κ3) is 3.34. The van der Waals surface area contributed by atoms with Gasteiger partial charge in [-0.25, -0.2) is 4.79 Å². The van der Waals surface area contributed by atoms with Gasteiger partial charge in [0.05, 0.1) is 25.3 Å². The largest absolute Gasteiger partial charge is 0.497 e. The van der Waals surface area contributed by atoms with Gasteiger partial charge >= 0.3 is 5.97 Å². The number of methoxy groups -OCH3 is 2. The summed E-state index contributed by atoms with van der Waals surface area (Å²) in [5.74, 6) is 0.482. The van der Waals surface area contributed by atoms with Crippen LogP contribution in [0.4, 0.5) is 0 Å². The van der Waals surface area contributed by atoms with Crippen molar-refractivity contribution in [3.8, 4) is 17.2 Å². The van der Waals surface area contributed by atoms with Crippen LogP contribution < -0.4 is 14.2 Å². The first kappa shape index (κ1) is 17.8. The van der Waals surface area contributed by atoms with Gasteiger partial charge in [0.1, 0.15) is 12.4 Å². The number of aldehydes is 1. The normalized spacial score (nSPS) is 15.7. The van der Waals surface area contributed by atoms with Crippen molar-refractivity contribution in [2.24, 2.45) is 0 Å². The highest BCUT2D eigenvalue weighted by Gasteiger charge is 2.31. The van der Waals surface area contributed by atoms with Crippen molar-refractivity contribution < 1.29 is 33.6 Å². The summed E-state index contributed by atoms with van der Waals surface area (Å²) in [6.45, 7) is 0.203. The SMILES string of the molecule is COc1ccc(COc2cc3c(c(C=O)c2OC)CC(O)OC3=O)cc1. The number of hydrogen-bond acceptors (Lipinski definition) is 7. The van der Waals surface area contributed by atoms with E-state index in [-0.39, 0.29) is 35.7 Å². The van der Waals surface area contributed by atoms with Crippen LogP contribution in [0.25, 0.3) is 0 Å². The molecule has 136 valence electrons. The molecule has 0 aliphatic carbocycles. The fourth-order valence-electron chi connectivity index (χ4n) is 2.83. The molecule has 0 bridgehead atoms. The summed E-state index contributed by atoms with van der Waals surface area (Å²) >= 11 is 0. The lowest BCUT2D eigenvalue weighted by molar-refractivity contribution is -0.0688. The van der Waals surface area contributed by atoms with Gasteiger partial charge in [0.15, 0.2) is 17.8 Å². The van der Waals surface area contributed by atoms with E-state index in [2.05, 4.69) is 0 Å². The van der Waals surface area contributed by atoms with Crippen LogP contribution in [0, 0.1) is 0 Å². The molecule has 7 nitrogen and oxygen atoms in total. The maximum Gasteiger partial charge on any atom is 0.340 e. The number of carbonyl (C=O) groups is 2. The van der Waals surface area contributed by atoms with Crippen LogP contribution in [0.1, 0.15) is 31.8 Å². The molecule has 1 atom stereocenters. The number of benzene rings is 2. The highest BCUT2D eigenvalue weighted by atomic mass is 16.6. The van der Waals surface area contributed by atoms with Crippen LogP contribution in [0.15, 0.2) is 30.3 Å². The number of ether oxygens (including phenoxy) is 4. The van der Waals surface area contributed by atoms with Crippen molar-refractivity contribution in [3.63, 3.8) is 0 Å². The number of hydrogen-bond donors (Lipinski definition) is 1. The summed E-state index contributed by atoms with van der Waals surface area (Å²) < 4.78 is 21.0. The van der Waals surface area contributed by atoms with E-state index < -0.39 is 12.3 Å². The first-order valence-corrected chi connectivity index (χ1v) is 7.91. The molecule has 0 spiro atoms. The summed E-state index contributed by atoms with van der Waals surface area (Å²) in [4.78, 5) is 23.6. The van der Waals surface area contributed by atoms with E-state index in [0.717, 1.165) is 11.3 Å². The summed E-state index contributed by atoms with van der Waals surface area (Å²) in [6, 6.07) is 8.76. The van der Waals surface area contributed by atoms with E-state index in [1.807, 2.05) is 12.1 Å². The molecule has 0 radical (unpaired) electrons. The molecule has 7 heteroatoms. The molecular weight excluding hydrogens is 340 g/mol. The lowest BCUT2D eigenvalue weighted by atomic mass is 9.95. The maximum atomic E-state index is 12.1. The molecule has 2 aromatic carbocycles. The van der Waals surface area contributed by atoms with Gasteiger partial charge in [-0.05, 0) is 29.3 Å². The third-order valence-corrected chi connectivity index (χ3v) is 4.11. The average Bonchev–Trinajstić information content (AvgIpc) is 2.65. The molecular formula is C19H18O7. The Morgan fingerprint density at radius 3 is 2.58 bits per heavy atom. The van der Waals surface area contributed by atoms with E-state index in [4.69, 9.17) is 18.9 Å². The number of fused-ring (bicyclic) bond motifs is 1. The second kappa shape index (κ2) is 7.45. The minimum Gasteiger partial charge on any atom is -0.497 e. The van der Waals surface area contributed by atoms with E-state index in [0.29, 0.717) is 11.8 Å². The smallest absolute Gasteiger partial charge is 0.340 e. The Balaban J connectivity index is 1.94. The molecule has 0 saturated heterocycles. The highest BCUT2D eigenvalue weighted by molar-refractivity contribution is 5.97. The van der Waals surface area contributed by atoms with Crippen LogP contribution in [-0.2, 0) is 17.8 Å². The molecule has 1 heterocycles. The van der Waals surface area contributed by atoms with Gasteiger partial charge in [-0.2, -0.15) is 0 Å². The maximum absolute atomic E-state index is 12.1. The van der Waals surface area contributed by atoms with Gasteiger partial charge in [-0.15, -0.1) is 0 Å². The fraction of sp³-hybridized carbons (Fsp3) is 0.263. The highest BCUT2D eigenvalue weighted by Crippen LogP contribution is 2.38. The fourth-order valence-corrected chi connectivity index (χ4v) is 2.83. The van der Waals surface area contributed by atoms with Crippen LogP contribution in [-0.4, -0.2) is 37.9 Å². The number of aliphatic hydroxyl groups is 1. The Labute approximate surface area is 150 Å². The van der Waals surface area contributed by atoms with Crippen molar-refractivity contribution in [1.29, 1.82) is 0 Å². The van der Waals surface area contributed by atoms with Crippen molar-refractivity contribution in [2.45, 2.75) is 19.3 Å². The molecule has 26 heavy (non-hydrogen) atoms. The number of cyclic esters (lactones) is 1. The number of esters is 1. The third-order valence-electron chi connectivity index (χ3n) is 4.11. The molecule has 2 aromatic rings. The minimum atomic E-state index is -1.29. The monoisotopic (exact) mass is 358 g/mol. The summed E-state index contributed by atoms with van der Waals surface area (Å²) in [6.07, 6.45) is -0.683. The van der Waals surface area contributed by atoms with E-state index in [9.17, 15) is 14.7 Å². The van der Waals surface area contributed by atoms with Crippen molar-refractivity contribution in [2.75, 3.05) is 14.2 Å². The zero-order valence-electron chi connectivity index (χ0n) is 14.4. The molecule has 0 fully saturated rings. The van der Waals surface area contributed by atoms with Crippen molar-refractivity contribution >= 4 is 12.3 Å². The van der Waals surface area contributed by atoms with Crippen LogP contribution >= 0.6 is 0 Å². The molecule has 1 aliphatic heterocycles. The first-order chi connectivity index (χ1) is 12.6. The molecule has 1 N–H and O–H groups in total. The molecule has 0 aromatic heterocycles. The Hall–Kier alpha value is -3.06. The van der Waals surface area contributed by atoms with Crippen molar-refractivity contribution in [3.05, 3.63) is 52.6 Å². The molecule has 3 rings (SSSR count). The Bertz CT molecular complexity index is 827. The van der Waals surface area contributed by atoms with E-state index in [1.54, 1.807) is 19.2 Å². The van der Waals surface area contributed by atoms with Gasteiger partial charge in [-0.1, -0.05) is 12.1 Å². The van der Waals surface area contributed by atoms with E-state index >= 15 is 0 Å². The van der Waals surface area contributed by atoms with Crippen LogP contribution in [0.2, 0.25) is 0 Å². The Morgan fingerprint density at radius 2 is 1.96 bits per heavy atom. The molecule has 1 aliphatic rings. The van der Waals surface area contributed by atoms with Gasteiger partial charge in [0.25, 0.3) is 0 Å². The summed E-state index contributed by atoms with van der Waals surface area (Å²) in [7, 11) is 2.99. The quantitative estimate of drug-likeness (QED) is 0.625. The second-order valence-electron chi connectivity index (χ2n) is 5.67. The Kier molecular flexibility index (Phi) is 5.09. The predicted molar refractivity (Wildman–Crippen MR) is 90.8 cm³/mol. The number of aliphatic hydroxyl groups excluding tert-OH is 1. The lowest BCUT2D eigenvalue weighted by Crippen LogP contribution is -2.28. The van der Waals surface area contributed by atoms with Gasteiger partial charge in [-0.3, -0.25) is 4.79 Å². The van der Waals surface area contributed by atoms with Gasteiger partial charge in [0, 0.05) is 6.42 Å². The molecule has 1 unspecified atom stereocenters. The van der Waals surface area contributed by atoms with Gasteiger partial charge in [0.2, 0.25) is 6.29 Å². The first-order valence-electron chi connectivity index (χ1n) is 7.91. The predicted octanol–water partition coefficient (Wildman–Crippen LogP) is 2.13. The molecule has 0 amide bonds. The zero-order valence-corrected chi connectivity index (χ0v) is 14.4. The topological polar surface area (TPSA) is 91.3 Å². The van der Waals surface area contributed by atoms with Crippen LogP contribution in [0.3, 0.4) is 0 Å². The van der Waals surface area contributed by atoms with Crippen LogP contribution in [0.5, 0.6) is 17.2 Å². The summed E-state index contributed by atoms with van der Waals surface area (Å²) in [5.41, 5.74) is 1.61. The lowest BCUT2D eigenvalue weighted by Gasteiger charge is -2.24. The average molecular weight is 358 g/mol. The summed E-state index contributed by atoms with van der Waals surface area (Å²) in [5, 5.41) is 9.63. The van der Waals surface area contributed by atoms with Gasteiger partial charge < -0.3 is 24.1 Å². The molecule has 0 saturated carbocycles. The number of carbonyl (C=O) groups excluding carboxylic acids is 2. The minimum absolute atomic E-state index is 0.0181. The standard InChI is InChI=1S/C19H18O7/c1-23-12-5-3-11(4-6-12)10-25-16-7-14-13(8-17(21)26-19(14)22)15(9-20)18(16)24-2/h3-7,9,17,21H,8,10H2,1-2H3. The van der Waals surface area contributed by atoms with Crippen molar-refractivity contribution in [1.82, 2.24) is 0 Å². The Morgan fingerprint density at radius 1 is 1.23 bits per heavy atom. The van der Waals surface area contributed by atoms with E-state index in [1.165, 1.54) is 13.2 Å². The number of rotatable bonds is 6. The second-order valence-corrected chi connectivity index (χ2v) is 5.67. The zero-order chi connectivity index (χ0) is 18.7.